The van der Waals surface area contributed by atoms with Gasteiger partial charge in [0.25, 0.3) is 5.89 Å². The summed E-state index contributed by atoms with van der Waals surface area (Å²) in [4.78, 5) is 4.36. The maximum absolute atomic E-state index is 5.74. The molecule has 0 aliphatic heterocycles. The third kappa shape index (κ3) is 4.19. The molecule has 0 saturated carbocycles. The summed E-state index contributed by atoms with van der Waals surface area (Å²) in [5.41, 5.74) is 0. The quantitative estimate of drug-likeness (QED) is 0.673. The number of furan rings is 1. The van der Waals surface area contributed by atoms with E-state index in [0.29, 0.717) is 41.2 Å². The number of aromatic nitrogens is 2. The Hall–Kier alpha value is -2.80. The molecule has 1 atom stereocenters. The summed E-state index contributed by atoms with van der Waals surface area (Å²) in [6.45, 7) is 2.33. The Labute approximate surface area is 145 Å². The fourth-order valence-corrected chi connectivity index (χ4v) is 2.27. The molecule has 25 heavy (non-hydrogen) atoms. The van der Waals surface area contributed by atoms with Gasteiger partial charge in [-0.15, -0.1) is 0 Å². The SMILES string of the molecule is CNC(C)Cc1noc(-c2ccc(COc3ccccc3OC)o2)n1. The van der Waals surface area contributed by atoms with Gasteiger partial charge in [0.1, 0.15) is 12.4 Å². The Morgan fingerprint density at radius 3 is 2.72 bits per heavy atom. The first kappa shape index (κ1) is 17.0. The van der Waals surface area contributed by atoms with Crippen LogP contribution in [0.3, 0.4) is 0 Å². The van der Waals surface area contributed by atoms with Gasteiger partial charge in [-0.25, -0.2) is 0 Å². The molecule has 2 heterocycles. The maximum Gasteiger partial charge on any atom is 0.293 e. The van der Waals surface area contributed by atoms with Gasteiger partial charge in [-0.2, -0.15) is 4.98 Å². The fourth-order valence-electron chi connectivity index (χ4n) is 2.27. The third-order valence-corrected chi connectivity index (χ3v) is 3.76. The number of hydrogen-bond donors (Lipinski definition) is 1. The van der Waals surface area contributed by atoms with Gasteiger partial charge < -0.3 is 23.7 Å². The van der Waals surface area contributed by atoms with Gasteiger partial charge >= 0.3 is 0 Å². The van der Waals surface area contributed by atoms with E-state index < -0.39 is 0 Å². The number of nitrogens with zero attached hydrogens (tertiary/aromatic N) is 2. The molecule has 7 heteroatoms. The molecule has 3 rings (SSSR count). The molecule has 2 aromatic heterocycles. The minimum absolute atomic E-state index is 0.270. The minimum atomic E-state index is 0.270. The average molecular weight is 343 g/mol. The van der Waals surface area contributed by atoms with Gasteiger partial charge in [-0.1, -0.05) is 17.3 Å². The van der Waals surface area contributed by atoms with Crippen LogP contribution in [0.1, 0.15) is 18.5 Å². The first-order valence-corrected chi connectivity index (χ1v) is 8.04. The second-order valence-electron chi connectivity index (χ2n) is 5.62. The molecule has 0 radical (unpaired) electrons. The minimum Gasteiger partial charge on any atom is -0.493 e. The topological polar surface area (TPSA) is 82.6 Å². The highest BCUT2D eigenvalue weighted by Crippen LogP contribution is 2.27. The summed E-state index contributed by atoms with van der Waals surface area (Å²) < 4.78 is 22.0. The van der Waals surface area contributed by atoms with E-state index in [1.807, 2.05) is 37.4 Å². The monoisotopic (exact) mass is 343 g/mol. The van der Waals surface area contributed by atoms with E-state index in [2.05, 4.69) is 22.4 Å². The number of ether oxygens (including phenoxy) is 2. The van der Waals surface area contributed by atoms with E-state index in [4.69, 9.17) is 18.4 Å². The first-order valence-electron chi connectivity index (χ1n) is 8.04. The molecule has 7 nitrogen and oxygen atoms in total. The molecular formula is C18H21N3O4. The Morgan fingerprint density at radius 1 is 1.16 bits per heavy atom. The summed E-state index contributed by atoms with van der Waals surface area (Å²) in [5.74, 6) is 3.51. The van der Waals surface area contributed by atoms with E-state index in [-0.39, 0.29) is 12.6 Å². The van der Waals surface area contributed by atoms with Crippen molar-refractivity contribution >= 4 is 0 Å². The maximum atomic E-state index is 5.74. The van der Waals surface area contributed by atoms with Crippen LogP contribution in [0.15, 0.2) is 45.3 Å². The Bertz CT molecular complexity index is 812. The molecule has 132 valence electrons. The number of methoxy groups -OCH3 is 1. The van der Waals surface area contributed by atoms with Crippen LogP contribution in [0.25, 0.3) is 11.7 Å². The predicted octanol–water partition coefficient (Wildman–Crippen LogP) is 3.07. The van der Waals surface area contributed by atoms with E-state index in [9.17, 15) is 0 Å². The Kier molecular flexibility index (Phi) is 5.35. The van der Waals surface area contributed by atoms with Gasteiger partial charge in [0.2, 0.25) is 0 Å². The second kappa shape index (κ2) is 7.85. The standard InChI is InChI=1S/C18H21N3O4/c1-12(19-2)10-17-20-18(25-21-17)16-9-8-13(24-16)11-23-15-7-5-4-6-14(15)22-3/h4-9,12,19H,10-11H2,1-3H3. The lowest BCUT2D eigenvalue weighted by Crippen LogP contribution is -2.24. The van der Waals surface area contributed by atoms with Gasteiger partial charge in [0, 0.05) is 12.5 Å². The lowest BCUT2D eigenvalue weighted by molar-refractivity contribution is 0.256. The first-order chi connectivity index (χ1) is 12.2. The second-order valence-corrected chi connectivity index (χ2v) is 5.62. The van der Waals surface area contributed by atoms with Crippen LogP contribution in [0.2, 0.25) is 0 Å². The number of rotatable bonds is 8. The van der Waals surface area contributed by atoms with Crippen molar-refractivity contribution in [1.29, 1.82) is 0 Å². The molecule has 1 aromatic carbocycles. The van der Waals surface area contributed by atoms with Crippen molar-refractivity contribution in [3.05, 3.63) is 48.0 Å². The third-order valence-electron chi connectivity index (χ3n) is 3.76. The lowest BCUT2D eigenvalue weighted by atomic mass is 10.2. The number of hydrogen-bond acceptors (Lipinski definition) is 7. The number of benzene rings is 1. The average Bonchev–Trinajstić information content (AvgIpc) is 3.29. The summed E-state index contributed by atoms with van der Waals surface area (Å²) in [7, 11) is 3.50. The van der Waals surface area contributed by atoms with Crippen LogP contribution in [0, 0.1) is 0 Å². The summed E-state index contributed by atoms with van der Waals surface area (Å²) >= 11 is 0. The van der Waals surface area contributed by atoms with Gasteiger partial charge in [0.15, 0.2) is 23.1 Å². The van der Waals surface area contributed by atoms with Gasteiger partial charge in [0.05, 0.1) is 7.11 Å². The van der Waals surface area contributed by atoms with Crippen molar-refractivity contribution in [3.8, 4) is 23.1 Å². The zero-order valence-electron chi connectivity index (χ0n) is 14.5. The molecule has 3 aromatic rings. The molecular weight excluding hydrogens is 322 g/mol. The van der Waals surface area contributed by atoms with Crippen LogP contribution in [0.4, 0.5) is 0 Å². The summed E-state index contributed by atoms with van der Waals surface area (Å²) in [5, 5.41) is 7.11. The van der Waals surface area contributed by atoms with E-state index in [0.717, 1.165) is 0 Å². The smallest absolute Gasteiger partial charge is 0.293 e. The highest BCUT2D eigenvalue weighted by molar-refractivity contribution is 5.44. The van der Waals surface area contributed by atoms with E-state index >= 15 is 0 Å². The molecule has 0 fully saturated rings. The largest absolute Gasteiger partial charge is 0.493 e. The van der Waals surface area contributed by atoms with E-state index in [1.165, 1.54) is 0 Å². The fraction of sp³-hybridized carbons (Fsp3) is 0.333. The van der Waals surface area contributed by atoms with Crippen LogP contribution < -0.4 is 14.8 Å². The van der Waals surface area contributed by atoms with Gasteiger partial charge in [-0.05, 0) is 38.2 Å². The molecule has 0 spiro atoms. The van der Waals surface area contributed by atoms with Crippen LogP contribution >= 0.6 is 0 Å². The van der Waals surface area contributed by atoms with Crippen LogP contribution in [-0.2, 0) is 13.0 Å². The van der Waals surface area contributed by atoms with Crippen molar-refractivity contribution in [3.63, 3.8) is 0 Å². The number of para-hydroxylation sites is 2. The molecule has 0 aliphatic carbocycles. The molecule has 0 amide bonds. The molecule has 1 N–H and O–H groups in total. The van der Waals surface area contributed by atoms with Crippen LogP contribution in [0.5, 0.6) is 11.5 Å². The molecule has 0 saturated heterocycles. The predicted molar refractivity (Wildman–Crippen MR) is 91.6 cm³/mol. The number of nitrogens with one attached hydrogen (secondary N) is 1. The molecule has 0 aliphatic rings. The van der Waals surface area contributed by atoms with Crippen LogP contribution in [-0.4, -0.2) is 30.3 Å². The van der Waals surface area contributed by atoms with Crippen molar-refractivity contribution in [2.24, 2.45) is 0 Å². The number of likely N-dealkylation sites (N-methyl/N-ethyl adjacent to an activating group) is 1. The highest BCUT2D eigenvalue weighted by Gasteiger charge is 2.15. The summed E-state index contributed by atoms with van der Waals surface area (Å²) in [6.07, 6.45) is 0.685. The Morgan fingerprint density at radius 2 is 1.96 bits per heavy atom. The zero-order valence-corrected chi connectivity index (χ0v) is 14.5. The summed E-state index contributed by atoms with van der Waals surface area (Å²) in [6, 6.07) is 11.3. The highest BCUT2D eigenvalue weighted by atomic mass is 16.5. The van der Waals surface area contributed by atoms with Gasteiger partial charge in [-0.3, -0.25) is 0 Å². The lowest BCUT2D eigenvalue weighted by Gasteiger charge is -2.08. The molecule has 0 bridgehead atoms. The van der Waals surface area contributed by atoms with Crippen molar-refractivity contribution < 1.29 is 18.4 Å². The van der Waals surface area contributed by atoms with Crippen molar-refractivity contribution in [1.82, 2.24) is 15.5 Å². The molecule has 1 unspecified atom stereocenters. The normalized spacial score (nSPS) is 12.1. The Balaban J connectivity index is 1.64. The van der Waals surface area contributed by atoms with Crippen molar-refractivity contribution in [2.45, 2.75) is 26.0 Å². The van der Waals surface area contributed by atoms with Crippen molar-refractivity contribution in [2.75, 3.05) is 14.2 Å². The van der Waals surface area contributed by atoms with E-state index in [1.54, 1.807) is 13.2 Å². The zero-order chi connectivity index (χ0) is 17.6.